The molecule has 1 N–H and O–H groups in total. The number of esters is 1. The maximum atomic E-state index is 13.5. The minimum absolute atomic E-state index is 0.305. The molecule has 0 aliphatic heterocycles. The highest BCUT2D eigenvalue weighted by molar-refractivity contribution is 5.97. The molecule has 4 nitrogen and oxygen atoms in total. The van der Waals surface area contributed by atoms with Gasteiger partial charge in [-0.25, -0.2) is 13.6 Å². The SMILES string of the molecule is Cc1c(C)c(C)c(C(=O)OCC(=O)Nc2cc(F)ccc2F)c(C)c1C. The number of carbonyl (C=O) groups is 2. The van der Waals surface area contributed by atoms with Gasteiger partial charge in [0, 0.05) is 6.07 Å². The molecule has 0 fully saturated rings. The van der Waals surface area contributed by atoms with Gasteiger partial charge in [0.15, 0.2) is 6.61 Å². The van der Waals surface area contributed by atoms with Gasteiger partial charge in [-0.15, -0.1) is 0 Å². The lowest BCUT2D eigenvalue weighted by Gasteiger charge is -2.17. The van der Waals surface area contributed by atoms with Crippen molar-refractivity contribution in [3.8, 4) is 0 Å². The largest absolute Gasteiger partial charge is 0.452 e. The van der Waals surface area contributed by atoms with Crippen molar-refractivity contribution >= 4 is 17.6 Å². The van der Waals surface area contributed by atoms with Gasteiger partial charge >= 0.3 is 5.97 Å². The summed E-state index contributed by atoms with van der Waals surface area (Å²) in [5, 5.41) is 2.19. The third-order valence-corrected chi connectivity index (χ3v) is 4.74. The summed E-state index contributed by atoms with van der Waals surface area (Å²) in [6, 6.07) is 2.70. The first-order valence-corrected chi connectivity index (χ1v) is 8.12. The maximum Gasteiger partial charge on any atom is 0.339 e. The van der Waals surface area contributed by atoms with Gasteiger partial charge < -0.3 is 10.1 Å². The molecule has 0 saturated carbocycles. The molecule has 1 amide bonds. The highest BCUT2D eigenvalue weighted by atomic mass is 19.1. The molecule has 0 atom stereocenters. The summed E-state index contributed by atoms with van der Waals surface area (Å²) in [5.41, 5.74) is 4.81. The number of ether oxygens (including phenoxy) is 1. The van der Waals surface area contributed by atoms with Crippen LogP contribution in [-0.2, 0) is 9.53 Å². The average molecular weight is 361 g/mol. The van der Waals surface area contributed by atoms with Crippen LogP contribution in [0.3, 0.4) is 0 Å². The molecule has 0 aliphatic rings. The van der Waals surface area contributed by atoms with E-state index in [1.54, 1.807) is 0 Å². The summed E-state index contributed by atoms with van der Waals surface area (Å²) in [4.78, 5) is 24.3. The van der Waals surface area contributed by atoms with E-state index in [0.29, 0.717) is 5.56 Å². The first kappa shape index (κ1) is 19.6. The molecule has 0 aliphatic carbocycles. The van der Waals surface area contributed by atoms with Crippen LogP contribution in [0.25, 0.3) is 0 Å². The van der Waals surface area contributed by atoms with Crippen LogP contribution in [-0.4, -0.2) is 18.5 Å². The topological polar surface area (TPSA) is 55.4 Å². The summed E-state index contributed by atoms with van der Waals surface area (Å²) >= 11 is 0. The quantitative estimate of drug-likeness (QED) is 0.826. The molecule has 0 radical (unpaired) electrons. The Morgan fingerprint density at radius 2 is 1.46 bits per heavy atom. The van der Waals surface area contributed by atoms with Gasteiger partial charge in [0.05, 0.1) is 11.3 Å². The number of hydrogen-bond donors (Lipinski definition) is 1. The van der Waals surface area contributed by atoms with Crippen LogP contribution in [0, 0.1) is 46.3 Å². The Kier molecular flexibility index (Phi) is 5.75. The van der Waals surface area contributed by atoms with Gasteiger partial charge in [-0.3, -0.25) is 4.79 Å². The molecule has 0 heterocycles. The fourth-order valence-corrected chi connectivity index (χ4v) is 2.79. The van der Waals surface area contributed by atoms with E-state index in [2.05, 4.69) is 5.32 Å². The third kappa shape index (κ3) is 3.90. The van der Waals surface area contributed by atoms with Crippen molar-refractivity contribution in [2.24, 2.45) is 0 Å². The van der Waals surface area contributed by atoms with Gasteiger partial charge in [0.25, 0.3) is 5.91 Å². The number of benzene rings is 2. The molecule has 0 bridgehead atoms. The zero-order chi connectivity index (χ0) is 19.6. The normalized spacial score (nSPS) is 10.6. The fourth-order valence-electron chi connectivity index (χ4n) is 2.79. The second-order valence-corrected chi connectivity index (χ2v) is 6.25. The van der Waals surface area contributed by atoms with Crippen molar-refractivity contribution in [1.29, 1.82) is 0 Å². The predicted octanol–water partition coefficient (Wildman–Crippen LogP) is 4.30. The molecule has 138 valence electrons. The Morgan fingerprint density at radius 1 is 0.923 bits per heavy atom. The van der Waals surface area contributed by atoms with Crippen LogP contribution in [0.1, 0.15) is 38.2 Å². The number of anilines is 1. The van der Waals surface area contributed by atoms with Crippen LogP contribution >= 0.6 is 0 Å². The Bertz CT molecular complexity index is 862. The van der Waals surface area contributed by atoms with Gasteiger partial charge in [0.1, 0.15) is 11.6 Å². The third-order valence-electron chi connectivity index (χ3n) is 4.74. The van der Waals surface area contributed by atoms with Gasteiger partial charge in [-0.05, 0) is 74.6 Å². The smallest absolute Gasteiger partial charge is 0.339 e. The summed E-state index contributed by atoms with van der Waals surface area (Å²) in [6.45, 7) is 8.89. The van der Waals surface area contributed by atoms with Crippen molar-refractivity contribution < 1.29 is 23.1 Å². The Morgan fingerprint density at radius 3 is 2.04 bits per heavy atom. The molecule has 2 aromatic carbocycles. The van der Waals surface area contributed by atoms with Crippen molar-refractivity contribution in [2.45, 2.75) is 34.6 Å². The van der Waals surface area contributed by atoms with E-state index in [1.807, 2.05) is 34.6 Å². The van der Waals surface area contributed by atoms with Crippen LogP contribution in [0.2, 0.25) is 0 Å². The minimum Gasteiger partial charge on any atom is -0.452 e. The number of nitrogens with one attached hydrogen (secondary N) is 1. The van der Waals surface area contributed by atoms with Crippen LogP contribution in [0.15, 0.2) is 18.2 Å². The summed E-state index contributed by atoms with van der Waals surface area (Å²) in [7, 11) is 0. The lowest BCUT2D eigenvalue weighted by molar-refractivity contribution is -0.119. The monoisotopic (exact) mass is 361 g/mol. The average Bonchev–Trinajstić information content (AvgIpc) is 2.59. The highest BCUT2D eigenvalue weighted by Crippen LogP contribution is 2.26. The number of rotatable bonds is 4. The van der Waals surface area contributed by atoms with Crippen LogP contribution in [0.5, 0.6) is 0 Å². The van der Waals surface area contributed by atoms with Crippen molar-refractivity contribution in [3.63, 3.8) is 0 Å². The van der Waals surface area contributed by atoms with Crippen LogP contribution < -0.4 is 5.32 Å². The van der Waals surface area contributed by atoms with Crippen molar-refractivity contribution in [1.82, 2.24) is 0 Å². The van der Waals surface area contributed by atoms with Gasteiger partial charge in [-0.2, -0.15) is 0 Å². The molecule has 0 unspecified atom stereocenters. The van der Waals surface area contributed by atoms with Crippen LogP contribution in [0.4, 0.5) is 14.5 Å². The molecular formula is C20H21F2NO3. The Hall–Kier alpha value is -2.76. The molecular weight excluding hydrogens is 340 g/mol. The Balaban J connectivity index is 2.12. The summed E-state index contributed by atoms with van der Waals surface area (Å²) < 4.78 is 31.7. The van der Waals surface area contributed by atoms with Crippen molar-refractivity contribution in [2.75, 3.05) is 11.9 Å². The van der Waals surface area contributed by atoms with E-state index in [4.69, 9.17) is 4.74 Å². The molecule has 0 saturated heterocycles. The van der Waals surface area contributed by atoms with Crippen molar-refractivity contribution in [3.05, 3.63) is 63.2 Å². The fraction of sp³-hybridized carbons (Fsp3) is 0.300. The van der Waals surface area contributed by atoms with E-state index in [-0.39, 0.29) is 5.69 Å². The number of carbonyl (C=O) groups excluding carboxylic acids is 2. The second-order valence-electron chi connectivity index (χ2n) is 6.25. The molecule has 26 heavy (non-hydrogen) atoms. The molecule has 0 spiro atoms. The molecule has 2 rings (SSSR count). The zero-order valence-electron chi connectivity index (χ0n) is 15.4. The highest BCUT2D eigenvalue weighted by Gasteiger charge is 2.20. The number of amides is 1. The second kappa shape index (κ2) is 7.64. The maximum absolute atomic E-state index is 13.5. The lowest BCUT2D eigenvalue weighted by Crippen LogP contribution is -2.22. The lowest BCUT2D eigenvalue weighted by atomic mass is 9.90. The van der Waals surface area contributed by atoms with E-state index in [0.717, 1.165) is 46.0 Å². The first-order valence-electron chi connectivity index (χ1n) is 8.12. The van der Waals surface area contributed by atoms with Gasteiger partial charge in [0.2, 0.25) is 0 Å². The summed E-state index contributed by atoms with van der Waals surface area (Å²) in [6.07, 6.45) is 0. The minimum atomic E-state index is -0.775. The zero-order valence-corrected chi connectivity index (χ0v) is 15.4. The Labute approximate surface area is 151 Å². The number of hydrogen-bond acceptors (Lipinski definition) is 3. The predicted molar refractivity (Wildman–Crippen MR) is 95.4 cm³/mol. The summed E-state index contributed by atoms with van der Waals surface area (Å²) in [5.74, 6) is -2.84. The number of halogens is 2. The standard InChI is InChI=1S/C20H21F2NO3/c1-10-11(2)13(4)19(14(5)12(10)3)20(25)26-9-18(24)23-17-8-15(21)6-7-16(17)22/h6-8H,9H2,1-5H3,(H,23,24). The van der Waals surface area contributed by atoms with E-state index in [1.165, 1.54) is 0 Å². The first-order chi connectivity index (χ1) is 12.1. The van der Waals surface area contributed by atoms with E-state index < -0.39 is 30.1 Å². The molecule has 0 aromatic heterocycles. The van der Waals surface area contributed by atoms with E-state index >= 15 is 0 Å². The van der Waals surface area contributed by atoms with Gasteiger partial charge in [-0.1, -0.05) is 0 Å². The van der Waals surface area contributed by atoms with E-state index in [9.17, 15) is 18.4 Å². The molecule has 2 aromatic rings. The molecule has 6 heteroatoms.